The number of benzene rings is 2. The fourth-order valence-electron chi connectivity index (χ4n) is 1.56. The third kappa shape index (κ3) is 4.50. The Hall–Kier alpha value is -2.54. The van der Waals surface area contributed by atoms with E-state index in [0.29, 0.717) is 5.56 Å². The molecule has 2 rings (SSSR count). The highest BCUT2D eigenvalue weighted by Crippen LogP contribution is 2.12. The van der Waals surface area contributed by atoms with Gasteiger partial charge in [-0.25, -0.2) is 8.78 Å². The summed E-state index contributed by atoms with van der Waals surface area (Å²) < 4.78 is 26.0. The summed E-state index contributed by atoms with van der Waals surface area (Å²) in [5, 5.41) is 2.56. The maximum Gasteiger partial charge on any atom is 0.269 e. The summed E-state index contributed by atoms with van der Waals surface area (Å²) in [6.07, 6.45) is 0. The van der Waals surface area contributed by atoms with Crippen LogP contribution in [0.2, 0.25) is 0 Å². The van der Waals surface area contributed by atoms with Gasteiger partial charge in [0.1, 0.15) is 11.6 Å². The van der Waals surface area contributed by atoms with Crippen molar-refractivity contribution in [3.63, 3.8) is 0 Å². The average Bonchev–Trinajstić information content (AvgIpc) is 2.44. The SMILES string of the molecule is O=C(NNC(=S)Nc1cc(F)cc(F)c1)c1ccccc1. The van der Waals surface area contributed by atoms with Crippen LogP contribution in [-0.2, 0) is 0 Å². The maximum absolute atomic E-state index is 13.0. The molecule has 0 aromatic heterocycles. The Balaban J connectivity index is 1.89. The molecule has 0 bridgehead atoms. The monoisotopic (exact) mass is 307 g/mol. The average molecular weight is 307 g/mol. The minimum atomic E-state index is -0.728. The first-order chi connectivity index (χ1) is 10.0. The first kappa shape index (κ1) is 14.9. The first-order valence-electron chi connectivity index (χ1n) is 5.93. The van der Waals surface area contributed by atoms with E-state index in [0.717, 1.165) is 18.2 Å². The molecule has 0 heterocycles. The second kappa shape index (κ2) is 6.76. The van der Waals surface area contributed by atoms with Gasteiger partial charge < -0.3 is 5.32 Å². The second-order valence-electron chi connectivity index (χ2n) is 4.06. The quantitative estimate of drug-likeness (QED) is 0.590. The lowest BCUT2D eigenvalue weighted by molar-refractivity contribution is 0.0944. The molecule has 0 aliphatic rings. The summed E-state index contributed by atoms with van der Waals surface area (Å²) in [4.78, 5) is 11.7. The van der Waals surface area contributed by atoms with E-state index >= 15 is 0 Å². The Bertz CT molecular complexity index is 644. The Morgan fingerprint density at radius 3 is 2.19 bits per heavy atom. The van der Waals surface area contributed by atoms with Crippen molar-refractivity contribution in [3.8, 4) is 0 Å². The lowest BCUT2D eigenvalue weighted by Crippen LogP contribution is -2.43. The zero-order valence-corrected chi connectivity index (χ0v) is 11.5. The molecule has 0 unspecified atom stereocenters. The Kier molecular flexibility index (Phi) is 4.78. The minimum absolute atomic E-state index is 0.00396. The van der Waals surface area contributed by atoms with E-state index in [1.807, 2.05) is 0 Å². The molecule has 0 radical (unpaired) electrons. The number of nitrogens with one attached hydrogen (secondary N) is 3. The minimum Gasteiger partial charge on any atom is -0.331 e. The normalized spacial score (nSPS) is 9.81. The molecule has 0 saturated heterocycles. The highest BCUT2D eigenvalue weighted by Gasteiger charge is 2.06. The van der Waals surface area contributed by atoms with Crippen molar-refractivity contribution in [1.82, 2.24) is 10.9 Å². The summed E-state index contributed by atoms with van der Waals surface area (Å²) in [5.41, 5.74) is 5.40. The zero-order valence-electron chi connectivity index (χ0n) is 10.7. The summed E-state index contributed by atoms with van der Waals surface area (Å²) in [6.45, 7) is 0. The summed E-state index contributed by atoms with van der Waals surface area (Å²) in [6, 6.07) is 11.4. The van der Waals surface area contributed by atoms with Gasteiger partial charge in [0.15, 0.2) is 5.11 Å². The molecule has 108 valence electrons. The van der Waals surface area contributed by atoms with Gasteiger partial charge in [0, 0.05) is 17.3 Å². The smallest absolute Gasteiger partial charge is 0.269 e. The molecule has 1 amide bonds. The molecular formula is C14H11F2N3OS. The van der Waals surface area contributed by atoms with Crippen LogP contribution in [0, 0.1) is 11.6 Å². The Morgan fingerprint density at radius 1 is 0.952 bits per heavy atom. The molecule has 2 aromatic rings. The predicted molar refractivity (Wildman–Crippen MR) is 79.6 cm³/mol. The predicted octanol–water partition coefficient (Wildman–Crippen LogP) is 2.60. The molecule has 0 aliphatic heterocycles. The van der Waals surface area contributed by atoms with Crippen molar-refractivity contribution in [3.05, 3.63) is 65.7 Å². The summed E-state index contributed by atoms with van der Waals surface area (Å²) >= 11 is 4.91. The molecule has 0 spiro atoms. The number of halogens is 2. The van der Waals surface area contributed by atoms with Gasteiger partial charge in [0.05, 0.1) is 0 Å². The van der Waals surface area contributed by atoms with Gasteiger partial charge in [-0.05, 0) is 36.5 Å². The third-order valence-corrected chi connectivity index (χ3v) is 2.65. The number of hydrazine groups is 1. The lowest BCUT2D eigenvalue weighted by Gasteiger charge is -2.11. The maximum atomic E-state index is 13.0. The molecule has 21 heavy (non-hydrogen) atoms. The van der Waals surface area contributed by atoms with Crippen LogP contribution in [-0.4, -0.2) is 11.0 Å². The summed E-state index contributed by atoms with van der Waals surface area (Å²) in [7, 11) is 0. The molecular weight excluding hydrogens is 296 g/mol. The number of amides is 1. The number of hydrogen-bond acceptors (Lipinski definition) is 2. The van der Waals surface area contributed by atoms with Gasteiger partial charge in [-0.15, -0.1) is 0 Å². The topological polar surface area (TPSA) is 53.2 Å². The number of carbonyl (C=O) groups excluding carboxylic acids is 1. The van der Waals surface area contributed by atoms with Crippen molar-refractivity contribution < 1.29 is 13.6 Å². The number of anilines is 1. The van der Waals surface area contributed by atoms with Crippen molar-refractivity contribution in [2.75, 3.05) is 5.32 Å². The highest BCUT2D eigenvalue weighted by atomic mass is 32.1. The van der Waals surface area contributed by atoms with Crippen molar-refractivity contribution in [2.24, 2.45) is 0 Å². The van der Waals surface area contributed by atoms with Crippen LogP contribution < -0.4 is 16.2 Å². The van der Waals surface area contributed by atoms with Crippen molar-refractivity contribution >= 4 is 28.9 Å². The fraction of sp³-hybridized carbons (Fsp3) is 0. The number of carbonyl (C=O) groups is 1. The Morgan fingerprint density at radius 2 is 1.57 bits per heavy atom. The largest absolute Gasteiger partial charge is 0.331 e. The molecule has 4 nitrogen and oxygen atoms in total. The Labute approximate surface area is 125 Å². The second-order valence-corrected chi connectivity index (χ2v) is 4.47. The van der Waals surface area contributed by atoms with Gasteiger partial charge >= 0.3 is 0 Å². The molecule has 7 heteroatoms. The fourth-order valence-corrected chi connectivity index (χ4v) is 1.73. The summed E-state index contributed by atoms with van der Waals surface area (Å²) in [5.74, 6) is -1.84. The standard InChI is InChI=1S/C14H11F2N3OS/c15-10-6-11(16)8-12(7-10)17-14(21)19-18-13(20)9-4-2-1-3-5-9/h1-8H,(H,18,20)(H2,17,19,21). The van der Waals surface area contributed by atoms with Crippen LogP contribution >= 0.6 is 12.2 Å². The van der Waals surface area contributed by atoms with E-state index in [1.54, 1.807) is 30.3 Å². The number of hydrogen-bond donors (Lipinski definition) is 3. The molecule has 2 aromatic carbocycles. The van der Waals surface area contributed by atoms with Crippen LogP contribution in [0.5, 0.6) is 0 Å². The van der Waals surface area contributed by atoms with Gasteiger partial charge in [-0.1, -0.05) is 18.2 Å². The molecule has 3 N–H and O–H groups in total. The van der Waals surface area contributed by atoms with Gasteiger partial charge in [-0.3, -0.25) is 15.6 Å². The molecule has 0 aliphatic carbocycles. The van der Waals surface area contributed by atoms with Crippen molar-refractivity contribution in [2.45, 2.75) is 0 Å². The van der Waals surface area contributed by atoms with Crippen LogP contribution in [0.3, 0.4) is 0 Å². The van der Waals surface area contributed by atoms with E-state index in [2.05, 4.69) is 16.2 Å². The lowest BCUT2D eigenvalue weighted by atomic mass is 10.2. The van der Waals surface area contributed by atoms with Crippen LogP contribution in [0.25, 0.3) is 0 Å². The van der Waals surface area contributed by atoms with Crippen LogP contribution in [0.1, 0.15) is 10.4 Å². The van der Waals surface area contributed by atoms with Gasteiger partial charge in [0.2, 0.25) is 0 Å². The number of rotatable bonds is 2. The first-order valence-corrected chi connectivity index (χ1v) is 6.34. The zero-order chi connectivity index (χ0) is 15.2. The van der Waals surface area contributed by atoms with Gasteiger partial charge in [0.25, 0.3) is 5.91 Å². The van der Waals surface area contributed by atoms with E-state index in [-0.39, 0.29) is 16.7 Å². The third-order valence-electron chi connectivity index (χ3n) is 2.45. The molecule has 0 saturated carbocycles. The molecule has 0 fully saturated rings. The van der Waals surface area contributed by atoms with E-state index < -0.39 is 11.6 Å². The van der Waals surface area contributed by atoms with E-state index in [9.17, 15) is 13.6 Å². The van der Waals surface area contributed by atoms with E-state index in [1.165, 1.54) is 0 Å². The van der Waals surface area contributed by atoms with Crippen LogP contribution in [0.4, 0.5) is 14.5 Å². The number of thiocarbonyl (C=S) groups is 1. The van der Waals surface area contributed by atoms with Crippen molar-refractivity contribution in [1.29, 1.82) is 0 Å². The van der Waals surface area contributed by atoms with Gasteiger partial charge in [-0.2, -0.15) is 0 Å². The molecule has 0 atom stereocenters. The van der Waals surface area contributed by atoms with E-state index in [4.69, 9.17) is 12.2 Å². The van der Waals surface area contributed by atoms with Crippen LogP contribution in [0.15, 0.2) is 48.5 Å². The highest BCUT2D eigenvalue weighted by molar-refractivity contribution is 7.80.